The van der Waals surface area contributed by atoms with Crippen LogP contribution >= 0.6 is 23.7 Å². The summed E-state index contributed by atoms with van der Waals surface area (Å²) in [5.74, 6) is 0. The lowest BCUT2D eigenvalue weighted by atomic mass is 10.3. The van der Waals surface area contributed by atoms with Crippen molar-refractivity contribution in [3.8, 4) is 0 Å². The highest BCUT2D eigenvalue weighted by atomic mass is 35.5. The molecule has 0 aromatic carbocycles. The van der Waals surface area contributed by atoms with Crippen LogP contribution in [0.4, 0.5) is 5.13 Å². The van der Waals surface area contributed by atoms with Gasteiger partial charge in [-0.1, -0.05) is 13.3 Å². The number of thiazole rings is 1. The molecule has 1 aromatic heterocycles. The Labute approximate surface area is 70.9 Å². The number of aromatic nitrogens is 1. The van der Waals surface area contributed by atoms with Crippen molar-refractivity contribution in [3.63, 3.8) is 0 Å². The van der Waals surface area contributed by atoms with Gasteiger partial charge in [-0.2, -0.15) is 0 Å². The zero-order valence-corrected chi connectivity index (χ0v) is 7.47. The van der Waals surface area contributed by atoms with Crippen molar-refractivity contribution in [2.75, 3.05) is 5.73 Å². The summed E-state index contributed by atoms with van der Waals surface area (Å²) in [4.78, 5) is 4.10. The van der Waals surface area contributed by atoms with E-state index in [0.717, 1.165) is 18.5 Å². The summed E-state index contributed by atoms with van der Waals surface area (Å²) in [5, 5.41) is 2.69. The Morgan fingerprint density at radius 1 is 1.70 bits per heavy atom. The summed E-state index contributed by atoms with van der Waals surface area (Å²) >= 11 is 1.51. The van der Waals surface area contributed by atoms with Crippen molar-refractivity contribution in [2.24, 2.45) is 0 Å². The van der Waals surface area contributed by atoms with Crippen molar-refractivity contribution in [1.29, 1.82) is 0 Å². The van der Waals surface area contributed by atoms with Crippen LogP contribution in [0.2, 0.25) is 0 Å². The Hall–Kier alpha value is -0.280. The molecule has 0 aliphatic rings. The van der Waals surface area contributed by atoms with Crippen LogP contribution in [0.1, 0.15) is 19.0 Å². The molecule has 0 aliphatic carbocycles. The van der Waals surface area contributed by atoms with Gasteiger partial charge in [0, 0.05) is 5.38 Å². The van der Waals surface area contributed by atoms with Gasteiger partial charge in [-0.25, -0.2) is 4.98 Å². The van der Waals surface area contributed by atoms with Crippen LogP contribution in [0.25, 0.3) is 0 Å². The summed E-state index contributed by atoms with van der Waals surface area (Å²) in [6.45, 7) is 2.13. The van der Waals surface area contributed by atoms with Crippen LogP contribution in [0.5, 0.6) is 0 Å². The number of nitrogens with two attached hydrogens (primary N) is 1. The molecule has 0 unspecified atom stereocenters. The van der Waals surface area contributed by atoms with E-state index in [2.05, 4.69) is 11.9 Å². The van der Waals surface area contributed by atoms with E-state index in [1.165, 1.54) is 11.3 Å². The molecule has 2 nitrogen and oxygen atoms in total. The highest BCUT2D eigenvalue weighted by Crippen LogP contribution is 2.11. The summed E-state index contributed by atoms with van der Waals surface area (Å²) < 4.78 is 0. The lowest BCUT2D eigenvalue weighted by Crippen LogP contribution is -1.85. The van der Waals surface area contributed by atoms with Crippen LogP contribution in [0.15, 0.2) is 5.38 Å². The Morgan fingerprint density at radius 3 is 2.80 bits per heavy atom. The zero-order chi connectivity index (χ0) is 6.69. The van der Waals surface area contributed by atoms with Gasteiger partial charge in [-0.15, -0.1) is 23.7 Å². The second-order valence-electron chi connectivity index (χ2n) is 1.93. The van der Waals surface area contributed by atoms with E-state index in [4.69, 9.17) is 5.73 Å². The molecule has 10 heavy (non-hydrogen) atoms. The molecular formula is C6H11ClN2S. The van der Waals surface area contributed by atoms with Gasteiger partial charge in [-0.3, -0.25) is 0 Å². The Morgan fingerprint density at radius 2 is 2.40 bits per heavy atom. The van der Waals surface area contributed by atoms with Crippen molar-refractivity contribution in [3.05, 3.63) is 11.1 Å². The van der Waals surface area contributed by atoms with Crippen molar-refractivity contribution < 1.29 is 0 Å². The van der Waals surface area contributed by atoms with Crippen LogP contribution in [-0.4, -0.2) is 4.98 Å². The van der Waals surface area contributed by atoms with E-state index in [0.29, 0.717) is 5.13 Å². The molecular weight excluding hydrogens is 168 g/mol. The molecule has 1 aromatic rings. The van der Waals surface area contributed by atoms with Gasteiger partial charge in [0.15, 0.2) is 5.13 Å². The van der Waals surface area contributed by atoms with Crippen LogP contribution in [0, 0.1) is 0 Å². The molecule has 0 spiro atoms. The van der Waals surface area contributed by atoms with Gasteiger partial charge in [0.25, 0.3) is 0 Å². The van der Waals surface area contributed by atoms with Gasteiger partial charge < -0.3 is 5.73 Å². The third kappa shape index (κ3) is 2.54. The SMILES string of the molecule is CCCc1csc(N)n1.Cl. The first-order valence-electron chi connectivity index (χ1n) is 3.03. The normalized spacial score (nSPS) is 8.90. The highest BCUT2D eigenvalue weighted by molar-refractivity contribution is 7.13. The van der Waals surface area contributed by atoms with E-state index < -0.39 is 0 Å². The van der Waals surface area contributed by atoms with E-state index in [9.17, 15) is 0 Å². The maximum absolute atomic E-state index is 5.42. The molecule has 58 valence electrons. The molecule has 0 amide bonds. The van der Waals surface area contributed by atoms with Gasteiger partial charge >= 0.3 is 0 Å². The first kappa shape index (κ1) is 9.72. The number of rotatable bonds is 2. The Kier molecular flexibility index (Phi) is 4.40. The highest BCUT2D eigenvalue weighted by Gasteiger charge is 1.94. The Bertz CT molecular complexity index is 188. The zero-order valence-electron chi connectivity index (χ0n) is 5.83. The minimum absolute atomic E-state index is 0. The fourth-order valence-corrected chi connectivity index (χ4v) is 1.29. The average Bonchev–Trinajstić information content (AvgIpc) is 2.17. The predicted molar refractivity (Wildman–Crippen MR) is 47.8 cm³/mol. The fraction of sp³-hybridized carbons (Fsp3) is 0.500. The monoisotopic (exact) mass is 178 g/mol. The minimum atomic E-state index is 0. The van der Waals surface area contributed by atoms with Gasteiger partial charge in [0.1, 0.15) is 0 Å². The summed E-state index contributed by atoms with van der Waals surface area (Å²) in [6, 6.07) is 0. The number of nitrogens with zero attached hydrogens (tertiary/aromatic N) is 1. The summed E-state index contributed by atoms with van der Waals surface area (Å²) in [7, 11) is 0. The molecule has 4 heteroatoms. The molecule has 0 saturated heterocycles. The predicted octanol–water partition coefficient (Wildman–Crippen LogP) is 2.10. The van der Waals surface area contributed by atoms with Gasteiger partial charge in [0.05, 0.1) is 5.69 Å². The minimum Gasteiger partial charge on any atom is -0.375 e. The molecule has 0 aliphatic heterocycles. The number of nitrogen functional groups attached to an aromatic ring is 1. The van der Waals surface area contributed by atoms with E-state index >= 15 is 0 Å². The van der Waals surface area contributed by atoms with E-state index in [-0.39, 0.29) is 12.4 Å². The molecule has 0 radical (unpaired) electrons. The number of hydrogen-bond acceptors (Lipinski definition) is 3. The average molecular weight is 179 g/mol. The fourth-order valence-electron chi connectivity index (χ4n) is 0.694. The number of halogens is 1. The van der Waals surface area contributed by atoms with Crippen molar-refractivity contribution in [2.45, 2.75) is 19.8 Å². The molecule has 1 rings (SSSR count). The van der Waals surface area contributed by atoms with Crippen molar-refractivity contribution in [1.82, 2.24) is 4.98 Å². The van der Waals surface area contributed by atoms with Crippen LogP contribution in [0.3, 0.4) is 0 Å². The number of aryl methyl sites for hydroxylation is 1. The lowest BCUT2D eigenvalue weighted by molar-refractivity contribution is 0.894. The molecule has 2 N–H and O–H groups in total. The third-order valence-electron chi connectivity index (χ3n) is 1.08. The van der Waals surface area contributed by atoms with Gasteiger partial charge in [0.2, 0.25) is 0 Å². The quantitative estimate of drug-likeness (QED) is 0.754. The third-order valence-corrected chi connectivity index (χ3v) is 1.80. The van der Waals surface area contributed by atoms with Gasteiger partial charge in [-0.05, 0) is 6.42 Å². The maximum Gasteiger partial charge on any atom is 0.180 e. The van der Waals surface area contributed by atoms with E-state index in [1.54, 1.807) is 0 Å². The summed E-state index contributed by atoms with van der Waals surface area (Å²) in [5.41, 5.74) is 6.54. The molecule has 1 heterocycles. The molecule has 0 atom stereocenters. The topological polar surface area (TPSA) is 38.9 Å². The Balaban J connectivity index is 0.000000810. The second kappa shape index (κ2) is 4.52. The largest absolute Gasteiger partial charge is 0.375 e. The smallest absolute Gasteiger partial charge is 0.180 e. The number of anilines is 1. The standard InChI is InChI=1S/C6H10N2S.ClH/c1-2-3-5-4-9-6(7)8-5;/h4H,2-3H2,1H3,(H2,7,8);1H. The molecule has 0 saturated carbocycles. The van der Waals surface area contributed by atoms with Crippen molar-refractivity contribution >= 4 is 28.9 Å². The first-order valence-corrected chi connectivity index (χ1v) is 3.90. The summed E-state index contributed by atoms with van der Waals surface area (Å²) in [6.07, 6.45) is 2.19. The number of hydrogen-bond donors (Lipinski definition) is 1. The van der Waals surface area contributed by atoms with Crippen LogP contribution < -0.4 is 5.73 Å². The van der Waals surface area contributed by atoms with Crippen LogP contribution in [-0.2, 0) is 6.42 Å². The lowest BCUT2D eigenvalue weighted by Gasteiger charge is -1.85. The first-order chi connectivity index (χ1) is 4.33. The molecule has 0 fully saturated rings. The maximum atomic E-state index is 5.42. The van der Waals surface area contributed by atoms with E-state index in [1.807, 2.05) is 5.38 Å². The molecule has 0 bridgehead atoms. The second-order valence-corrected chi connectivity index (χ2v) is 2.82.